The average molecular weight is 501 g/mol. The summed E-state index contributed by atoms with van der Waals surface area (Å²) in [6.07, 6.45) is 0.576. The van der Waals surface area contributed by atoms with Crippen molar-refractivity contribution < 1.29 is 21.8 Å². The van der Waals surface area contributed by atoms with Gasteiger partial charge >= 0.3 is 10.1 Å². The van der Waals surface area contributed by atoms with Crippen LogP contribution in [0, 0.1) is 5.82 Å². The maximum atomic E-state index is 13.6. The number of hydrogen-bond acceptors (Lipinski definition) is 5. The number of rotatable bonds is 7. The van der Waals surface area contributed by atoms with Crippen molar-refractivity contribution in [3.63, 3.8) is 0 Å². The van der Waals surface area contributed by atoms with Gasteiger partial charge in [0.25, 0.3) is 5.91 Å². The molecule has 2 N–H and O–H groups in total. The fraction of sp³-hybridized carbons (Fsp3) is 0.263. The highest BCUT2D eigenvalue weighted by atomic mass is 79.9. The molecule has 1 aliphatic heterocycles. The van der Waals surface area contributed by atoms with Gasteiger partial charge in [0.15, 0.2) is 5.11 Å². The monoisotopic (exact) mass is 500 g/mol. The van der Waals surface area contributed by atoms with E-state index >= 15 is 0 Å². The largest absolute Gasteiger partial charge is 0.382 e. The maximum absolute atomic E-state index is 13.6. The minimum absolute atomic E-state index is 0.100. The third-order valence-corrected chi connectivity index (χ3v) is 6.57. The van der Waals surface area contributed by atoms with Gasteiger partial charge in [-0.15, -0.1) is 0 Å². The van der Waals surface area contributed by atoms with Crippen LogP contribution in [-0.4, -0.2) is 25.2 Å². The summed E-state index contributed by atoms with van der Waals surface area (Å²) in [5, 5.41) is 5.72. The number of carbonyl (C=O) groups is 1. The van der Waals surface area contributed by atoms with Crippen LogP contribution in [0.5, 0.6) is 5.75 Å². The van der Waals surface area contributed by atoms with E-state index in [1.54, 1.807) is 31.2 Å². The molecular weight excluding hydrogens is 483 g/mol. The standard InChI is InChI=1S/C19H18BrFN2O4S2/c1-2-8-29(25,26)27-14-5-3-4-13(10-14)19(17(24)22-18(28)23-19)11-12-6-7-16(21)15(20)9-12/h3-7,9-10H,2,8,11H2,1H3,(H2,22,23,24,28). The van der Waals surface area contributed by atoms with Gasteiger partial charge in [-0.05, 0) is 70.0 Å². The fourth-order valence-electron chi connectivity index (χ4n) is 3.13. The molecule has 1 unspecified atom stereocenters. The maximum Gasteiger partial charge on any atom is 0.309 e. The van der Waals surface area contributed by atoms with E-state index in [0.29, 0.717) is 17.5 Å². The lowest BCUT2D eigenvalue weighted by Gasteiger charge is -2.28. The molecule has 3 rings (SSSR count). The van der Waals surface area contributed by atoms with E-state index in [-0.39, 0.29) is 27.5 Å². The topological polar surface area (TPSA) is 84.5 Å². The second-order valence-corrected chi connectivity index (χ2v) is 9.56. The third kappa shape index (κ3) is 4.76. The first kappa shape index (κ1) is 21.7. The molecule has 2 aromatic rings. The summed E-state index contributed by atoms with van der Waals surface area (Å²) in [6.45, 7) is 1.74. The Morgan fingerprint density at radius 2 is 2.00 bits per heavy atom. The molecular formula is C19H18BrFN2O4S2. The zero-order valence-corrected chi connectivity index (χ0v) is 18.6. The zero-order chi connectivity index (χ0) is 21.2. The van der Waals surface area contributed by atoms with E-state index in [1.807, 2.05) is 0 Å². The lowest BCUT2D eigenvalue weighted by Crippen LogP contribution is -2.45. The molecule has 0 saturated carbocycles. The number of amides is 1. The highest BCUT2D eigenvalue weighted by Gasteiger charge is 2.46. The van der Waals surface area contributed by atoms with Gasteiger partial charge in [-0.2, -0.15) is 8.42 Å². The Kier molecular flexibility index (Phi) is 6.25. The number of hydrogen-bond donors (Lipinski definition) is 2. The van der Waals surface area contributed by atoms with Gasteiger partial charge in [0.05, 0.1) is 10.2 Å². The molecule has 0 spiro atoms. The minimum Gasteiger partial charge on any atom is -0.382 e. The summed E-state index contributed by atoms with van der Waals surface area (Å²) in [6, 6.07) is 10.7. The first-order valence-corrected chi connectivity index (χ1v) is 11.5. The zero-order valence-electron chi connectivity index (χ0n) is 15.4. The van der Waals surface area contributed by atoms with Crippen molar-refractivity contribution in [2.75, 3.05) is 5.75 Å². The van der Waals surface area contributed by atoms with E-state index < -0.39 is 27.4 Å². The summed E-state index contributed by atoms with van der Waals surface area (Å²) in [5.41, 5.74) is -0.141. The fourth-order valence-corrected chi connectivity index (χ4v) is 4.80. The number of nitrogens with one attached hydrogen (secondary N) is 2. The van der Waals surface area contributed by atoms with E-state index in [1.165, 1.54) is 18.2 Å². The van der Waals surface area contributed by atoms with Crippen LogP contribution in [0.4, 0.5) is 4.39 Å². The molecule has 154 valence electrons. The normalized spacial score (nSPS) is 19.0. The molecule has 6 nitrogen and oxygen atoms in total. The van der Waals surface area contributed by atoms with Crippen LogP contribution in [0.25, 0.3) is 0 Å². The highest BCUT2D eigenvalue weighted by Crippen LogP contribution is 2.33. The van der Waals surface area contributed by atoms with Gasteiger partial charge in [-0.3, -0.25) is 4.79 Å². The van der Waals surface area contributed by atoms with Crippen LogP contribution in [0.1, 0.15) is 24.5 Å². The van der Waals surface area contributed by atoms with Crippen LogP contribution in [-0.2, 0) is 26.9 Å². The van der Waals surface area contributed by atoms with Crippen molar-refractivity contribution >= 4 is 49.3 Å². The molecule has 1 heterocycles. The molecule has 1 amide bonds. The van der Waals surface area contributed by atoms with Crippen LogP contribution in [0.15, 0.2) is 46.9 Å². The van der Waals surface area contributed by atoms with E-state index in [2.05, 4.69) is 26.6 Å². The Labute approximate surface area is 182 Å². The van der Waals surface area contributed by atoms with Gasteiger partial charge < -0.3 is 14.8 Å². The van der Waals surface area contributed by atoms with E-state index in [9.17, 15) is 17.6 Å². The van der Waals surface area contributed by atoms with Crippen LogP contribution < -0.4 is 14.8 Å². The summed E-state index contributed by atoms with van der Waals surface area (Å²) in [7, 11) is -3.73. The quantitative estimate of drug-likeness (QED) is 0.448. The third-order valence-electron chi connectivity index (χ3n) is 4.40. The predicted molar refractivity (Wildman–Crippen MR) is 115 cm³/mol. The van der Waals surface area contributed by atoms with Gasteiger partial charge in [0.2, 0.25) is 0 Å². The Morgan fingerprint density at radius 3 is 2.62 bits per heavy atom. The molecule has 1 atom stereocenters. The van der Waals surface area contributed by atoms with Gasteiger partial charge in [0, 0.05) is 6.42 Å². The second kappa shape index (κ2) is 8.37. The Morgan fingerprint density at radius 1 is 1.24 bits per heavy atom. The summed E-state index contributed by atoms with van der Waals surface area (Å²) in [4.78, 5) is 12.9. The minimum atomic E-state index is -3.73. The molecule has 0 aliphatic carbocycles. The summed E-state index contributed by atoms with van der Waals surface area (Å²) < 4.78 is 43.1. The van der Waals surface area contributed by atoms with Crippen molar-refractivity contribution in [2.45, 2.75) is 25.3 Å². The van der Waals surface area contributed by atoms with Crippen LogP contribution in [0.2, 0.25) is 0 Å². The Balaban J connectivity index is 2.02. The average Bonchev–Trinajstić information content (AvgIpc) is 2.92. The Bertz CT molecular complexity index is 1080. The van der Waals surface area contributed by atoms with Gasteiger partial charge in [0.1, 0.15) is 17.1 Å². The molecule has 2 aromatic carbocycles. The molecule has 1 saturated heterocycles. The van der Waals surface area contributed by atoms with Crippen molar-refractivity contribution in [3.8, 4) is 5.75 Å². The summed E-state index contributed by atoms with van der Waals surface area (Å²) >= 11 is 8.27. The van der Waals surface area contributed by atoms with E-state index in [0.717, 1.165) is 0 Å². The van der Waals surface area contributed by atoms with E-state index in [4.69, 9.17) is 16.4 Å². The van der Waals surface area contributed by atoms with Crippen LogP contribution in [0.3, 0.4) is 0 Å². The SMILES string of the molecule is CCCS(=O)(=O)Oc1cccc(C2(Cc3ccc(F)c(Br)c3)NC(=S)NC2=O)c1. The lowest BCUT2D eigenvalue weighted by atomic mass is 9.83. The number of halogens is 2. The van der Waals surface area contributed by atoms with Crippen molar-refractivity contribution in [2.24, 2.45) is 0 Å². The predicted octanol–water partition coefficient (Wildman–Crippen LogP) is 3.15. The molecule has 1 aliphatic rings. The van der Waals surface area contributed by atoms with Crippen molar-refractivity contribution in [1.29, 1.82) is 0 Å². The lowest BCUT2D eigenvalue weighted by molar-refractivity contribution is -0.124. The molecule has 10 heteroatoms. The second-order valence-electron chi connectivity index (χ2n) is 6.61. The first-order valence-electron chi connectivity index (χ1n) is 8.75. The van der Waals surface area contributed by atoms with Gasteiger partial charge in [-0.25, -0.2) is 4.39 Å². The van der Waals surface area contributed by atoms with Gasteiger partial charge in [-0.1, -0.05) is 25.1 Å². The van der Waals surface area contributed by atoms with Crippen LogP contribution >= 0.6 is 28.1 Å². The highest BCUT2D eigenvalue weighted by molar-refractivity contribution is 9.10. The number of carbonyl (C=O) groups excluding carboxylic acids is 1. The molecule has 0 bridgehead atoms. The molecule has 0 radical (unpaired) electrons. The molecule has 1 fully saturated rings. The number of thiocarbonyl (C=S) groups is 1. The molecule has 29 heavy (non-hydrogen) atoms. The first-order chi connectivity index (χ1) is 13.6. The number of benzene rings is 2. The Hall–Kier alpha value is -2.04. The van der Waals surface area contributed by atoms with Crippen molar-refractivity contribution in [1.82, 2.24) is 10.6 Å². The summed E-state index contributed by atoms with van der Waals surface area (Å²) in [5.74, 6) is -0.826. The van der Waals surface area contributed by atoms with Crippen molar-refractivity contribution in [3.05, 3.63) is 63.9 Å². The molecule has 0 aromatic heterocycles. The smallest absolute Gasteiger partial charge is 0.309 e.